The highest BCUT2D eigenvalue weighted by atomic mass is 16.1. The SMILES string of the molecule is Cc1ccc2c(=O)n(CCC3CCN(C)CC3)cnc2c1. The molecule has 0 spiro atoms. The molecule has 21 heavy (non-hydrogen) atoms. The van der Waals surface area contributed by atoms with E-state index in [1.807, 2.05) is 25.1 Å². The van der Waals surface area contributed by atoms with Crippen LogP contribution in [0.3, 0.4) is 0 Å². The van der Waals surface area contributed by atoms with Crippen LogP contribution in [0.25, 0.3) is 10.9 Å². The van der Waals surface area contributed by atoms with E-state index in [2.05, 4.69) is 16.9 Å². The second-order valence-corrected chi connectivity index (χ2v) is 6.30. The van der Waals surface area contributed by atoms with Crippen molar-refractivity contribution in [3.05, 3.63) is 40.4 Å². The molecule has 112 valence electrons. The lowest BCUT2D eigenvalue weighted by Crippen LogP contribution is -2.31. The minimum atomic E-state index is 0.0907. The second kappa shape index (κ2) is 5.98. The van der Waals surface area contributed by atoms with Gasteiger partial charge in [-0.3, -0.25) is 9.36 Å². The van der Waals surface area contributed by atoms with Gasteiger partial charge in [0.15, 0.2) is 0 Å². The molecule has 0 bridgehead atoms. The van der Waals surface area contributed by atoms with Gasteiger partial charge in [0.05, 0.1) is 17.2 Å². The van der Waals surface area contributed by atoms with Crippen LogP contribution in [0.5, 0.6) is 0 Å². The van der Waals surface area contributed by atoms with E-state index < -0.39 is 0 Å². The number of rotatable bonds is 3. The van der Waals surface area contributed by atoms with Gasteiger partial charge in [-0.15, -0.1) is 0 Å². The summed E-state index contributed by atoms with van der Waals surface area (Å²) in [4.78, 5) is 19.3. The summed E-state index contributed by atoms with van der Waals surface area (Å²) in [5, 5.41) is 0.728. The lowest BCUT2D eigenvalue weighted by Gasteiger charge is -2.28. The van der Waals surface area contributed by atoms with E-state index in [0.29, 0.717) is 0 Å². The van der Waals surface area contributed by atoms with Crippen LogP contribution in [0.4, 0.5) is 0 Å². The lowest BCUT2D eigenvalue weighted by atomic mass is 9.94. The molecular formula is C17H23N3O. The Morgan fingerprint density at radius 2 is 2.05 bits per heavy atom. The number of nitrogens with zero attached hydrogens (tertiary/aromatic N) is 3. The average molecular weight is 285 g/mol. The second-order valence-electron chi connectivity index (χ2n) is 6.30. The van der Waals surface area contributed by atoms with Gasteiger partial charge in [0.1, 0.15) is 0 Å². The zero-order valence-electron chi connectivity index (χ0n) is 12.9. The summed E-state index contributed by atoms with van der Waals surface area (Å²) in [7, 11) is 2.18. The summed E-state index contributed by atoms with van der Waals surface area (Å²) in [6.45, 7) is 5.15. The first-order valence-corrected chi connectivity index (χ1v) is 7.78. The maximum absolute atomic E-state index is 12.5. The molecule has 0 unspecified atom stereocenters. The van der Waals surface area contributed by atoms with Gasteiger partial charge in [-0.25, -0.2) is 4.98 Å². The van der Waals surface area contributed by atoms with Gasteiger partial charge in [0.25, 0.3) is 5.56 Å². The number of hydrogen-bond acceptors (Lipinski definition) is 3. The molecular weight excluding hydrogens is 262 g/mol. The van der Waals surface area contributed by atoms with Crippen molar-refractivity contribution < 1.29 is 0 Å². The number of likely N-dealkylation sites (tertiary alicyclic amines) is 1. The maximum atomic E-state index is 12.5. The summed E-state index contributed by atoms with van der Waals surface area (Å²) >= 11 is 0. The van der Waals surface area contributed by atoms with Crippen LogP contribution in [0.15, 0.2) is 29.3 Å². The summed E-state index contributed by atoms with van der Waals surface area (Å²) in [6, 6.07) is 5.84. The quantitative estimate of drug-likeness (QED) is 0.869. The highest BCUT2D eigenvalue weighted by molar-refractivity contribution is 5.77. The Kier molecular flexibility index (Phi) is 4.06. The molecule has 1 aromatic carbocycles. The van der Waals surface area contributed by atoms with Crippen LogP contribution in [0, 0.1) is 12.8 Å². The summed E-state index contributed by atoms with van der Waals surface area (Å²) < 4.78 is 1.77. The van der Waals surface area contributed by atoms with Gasteiger partial charge in [0.2, 0.25) is 0 Å². The van der Waals surface area contributed by atoms with Crippen molar-refractivity contribution in [1.82, 2.24) is 14.5 Å². The van der Waals surface area contributed by atoms with E-state index in [9.17, 15) is 4.79 Å². The van der Waals surface area contributed by atoms with E-state index in [1.54, 1.807) is 10.9 Å². The third-order valence-electron chi connectivity index (χ3n) is 4.60. The summed E-state index contributed by atoms with van der Waals surface area (Å²) in [5.74, 6) is 0.738. The fourth-order valence-electron chi connectivity index (χ4n) is 3.10. The molecule has 0 radical (unpaired) electrons. The minimum absolute atomic E-state index is 0.0907. The Hall–Kier alpha value is -1.68. The van der Waals surface area contributed by atoms with E-state index in [0.717, 1.165) is 35.3 Å². The molecule has 1 aromatic heterocycles. The van der Waals surface area contributed by atoms with Crippen molar-refractivity contribution in [2.75, 3.05) is 20.1 Å². The highest BCUT2D eigenvalue weighted by Crippen LogP contribution is 2.20. The third kappa shape index (κ3) is 3.16. The Morgan fingerprint density at radius 1 is 1.29 bits per heavy atom. The van der Waals surface area contributed by atoms with Crippen molar-refractivity contribution in [2.45, 2.75) is 32.7 Å². The Balaban J connectivity index is 1.74. The van der Waals surface area contributed by atoms with Crippen molar-refractivity contribution in [2.24, 2.45) is 5.92 Å². The van der Waals surface area contributed by atoms with Crippen LogP contribution in [-0.4, -0.2) is 34.6 Å². The summed E-state index contributed by atoms with van der Waals surface area (Å²) in [6.07, 6.45) is 5.27. The number of hydrogen-bond donors (Lipinski definition) is 0. The van der Waals surface area contributed by atoms with Gasteiger partial charge in [-0.1, -0.05) is 6.07 Å². The van der Waals surface area contributed by atoms with Gasteiger partial charge in [-0.2, -0.15) is 0 Å². The number of benzene rings is 1. The molecule has 0 N–H and O–H groups in total. The number of piperidine rings is 1. The standard InChI is InChI=1S/C17H23N3O/c1-13-3-4-15-16(11-13)18-12-20(17(15)21)10-7-14-5-8-19(2)9-6-14/h3-4,11-12,14H,5-10H2,1-2H3. The van der Waals surface area contributed by atoms with Crippen LogP contribution in [-0.2, 0) is 6.54 Å². The molecule has 2 aromatic rings. The first-order chi connectivity index (χ1) is 10.1. The zero-order valence-corrected chi connectivity index (χ0v) is 12.9. The maximum Gasteiger partial charge on any atom is 0.261 e. The van der Waals surface area contributed by atoms with Crippen molar-refractivity contribution in [3.63, 3.8) is 0 Å². The number of aromatic nitrogens is 2. The van der Waals surface area contributed by atoms with E-state index >= 15 is 0 Å². The Labute approximate surface area is 125 Å². The monoisotopic (exact) mass is 285 g/mol. The van der Waals surface area contributed by atoms with Crippen LogP contribution in [0.1, 0.15) is 24.8 Å². The number of aryl methyl sites for hydroxylation is 2. The molecule has 4 heteroatoms. The van der Waals surface area contributed by atoms with Gasteiger partial charge in [-0.05, 0) is 69.9 Å². The van der Waals surface area contributed by atoms with Crippen molar-refractivity contribution in [3.8, 4) is 0 Å². The molecule has 0 atom stereocenters. The zero-order chi connectivity index (χ0) is 14.8. The number of fused-ring (bicyclic) bond motifs is 1. The van der Waals surface area contributed by atoms with E-state index in [-0.39, 0.29) is 5.56 Å². The van der Waals surface area contributed by atoms with Gasteiger partial charge in [0, 0.05) is 6.54 Å². The van der Waals surface area contributed by atoms with Gasteiger partial charge >= 0.3 is 0 Å². The third-order valence-corrected chi connectivity index (χ3v) is 4.60. The van der Waals surface area contributed by atoms with Crippen LogP contribution in [0.2, 0.25) is 0 Å². The molecule has 4 nitrogen and oxygen atoms in total. The molecule has 2 heterocycles. The van der Waals surface area contributed by atoms with Gasteiger partial charge < -0.3 is 4.90 Å². The molecule has 0 amide bonds. The molecule has 1 aliphatic heterocycles. The first kappa shape index (κ1) is 14.3. The van der Waals surface area contributed by atoms with E-state index in [4.69, 9.17) is 0 Å². The summed E-state index contributed by atoms with van der Waals surface area (Å²) in [5.41, 5.74) is 2.03. The first-order valence-electron chi connectivity index (χ1n) is 7.78. The molecule has 0 saturated carbocycles. The van der Waals surface area contributed by atoms with Crippen molar-refractivity contribution in [1.29, 1.82) is 0 Å². The lowest BCUT2D eigenvalue weighted by molar-refractivity contribution is 0.207. The molecule has 1 aliphatic rings. The molecule has 1 fully saturated rings. The highest BCUT2D eigenvalue weighted by Gasteiger charge is 2.16. The average Bonchev–Trinajstić information content (AvgIpc) is 2.48. The molecule has 0 aliphatic carbocycles. The molecule has 3 rings (SSSR count). The largest absolute Gasteiger partial charge is 0.306 e. The predicted octanol–water partition coefficient (Wildman–Crippen LogP) is 2.44. The van der Waals surface area contributed by atoms with E-state index in [1.165, 1.54) is 25.9 Å². The Bertz CT molecular complexity index is 684. The fourth-order valence-corrected chi connectivity index (χ4v) is 3.10. The van der Waals surface area contributed by atoms with Crippen LogP contribution >= 0.6 is 0 Å². The minimum Gasteiger partial charge on any atom is -0.306 e. The topological polar surface area (TPSA) is 38.1 Å². The van der Waals surface area contributed by atoms with Crippen molar-refractivity contribution >= 4 is 10.9 Å². The Morgan fingerprint density at radius 3 is 2.81 bits per heavy atom. The predicted molar refractivity (Wildman–Crippen MR) is 85.6 cm³/mol. The fraction of sp³-hybridized carbons (Fsp3) is 0.529. The smallest absolute Gasteiger partial charge is 0.261 e. The molecule has 1 saturated heterocycles. The van der Waals surface area contributed by atoms with Crippen LogP contribution < -0.4 is 5.56 Å². The normalized spacial score (nSPS) is 17.4.